The summed E-state index contributed by atoms with van der Waals surface area (Å²) >= 11 is 1.15. The van der Waals surface area contributed by atoms with Crippen molar-refractivity contribution in [1.82, 2.24) is 9.62 Å². The van der Waals surface area contributed by atoms with E-state index in [0.29, 0.717) is 24.5 Å². The fourth-order valence-electron chi connectivity index (χ4n) is 3.20. The van der Waals surface area contributed by atoms with Crippen molar-refractivity contribution in [2.75, 3.05) is 26.7 Å². The Bertz CT molecular complexity index is 855. The van der Waals surface area contributed by atoms with Gasteiger partial charge in [0.1, 0.15) is 0 Å². The van der Waals surface area contributed by atoms with Crippen molar-refractivity contribution in [3.63, 3.8) is 0 Å². The Morgan fingerprint density at radius 1 is 1.31 bits per heavy atom. The molecule has 0 unspecified atom stereocenters. The Labute approximate surface area is 163 Å². The molecule has 1 amide bonds. The van der Waals surface area contributed by atoms with Crippen LogP contribution in [0.5, 0.6) is 0 Å². The van der Waals surface area contributed by atoms with Crippen molar-refractivity contribution in [3.05, 3.63) is 52.2 Å². The molecule has 2 atom stereocenters. The Balaban J connectivity index is 0.00000243. The van der Waals surface area contributed by atoms with E-state index in [1.54, 1.807) is 4.90 Å². The molecule has 1 aromatic carbocycles. The number of likely N-dealkylation sites (tertiary alicyclic amines) is 1. The standard InChI is InChI=1S/C17H21N3O3S2.ClH/c1-19-25(22,23)14-7-16(24-11-14)17(21)20-9-13(8-18)15(10-20)12-5-3-2-4-6-12;/h2-7,11,13,15,19H,8-10,18H2,1H3;1H/t13-,15+;/m1./s1. The number of amides is 1. The minimum Gasteiger partial charge on any atom is -0.337 e. The Morgan fingerprint density at radius 2 is 2.00 bits per heavy atom. The summed E-state index contributed by atoms with van der Waals surface area (Å²) in [6.45, 7) is 1.69. The van der Waals surface area contributed by atoms with E-state index in [9.17, 15) is 13.2 Å². The van der Waals surface area contributed by atoms with Crippen molar-refractivity contribution in [2.45, 2.75) is 10.8 Å². The van der Waals surface area contributed by atoms with Gasteiger partial charge in [0.05, 0.1) is 9.77 Å². The summed E-state index contributed by atoms with van der Waals surface area (Å²) in [6, 6.07) is 11.5. The topological polar surface area (TPSA) is 92.5 Å². The number of halogens is 1. The van der Waals surface area contributed by atoms with E-state index < -0.39 is 10.0 Å². The summed E-state index contributed by atoms with van der Waals surface area (Å²) in [5.41, 5.74) is 7.10. The third-order valence-electron chi connectivity index (χ3n) is 4.62. The summed E-state index contributed by atoms with van der Waals surface area (Å²) < 4.78 is 26.0. The predicted octanol–water partition coefficient (Wildman–Crippen LogP) is 1.89. The predicted molar refractivity (Wildman–Crippen MR) is 105 cm³/mol. The molecule has 142 valence electrons. The maximum atomic E-state index is 12.8. The normalized spacial score (nSPS) is 20.0. The lowest BCUT2D eigenvalue weighted by atomic mass is 9.89. The SMILES string of the molecule is CNS(=O)(=O)c1csc(C(=O)N2C[C@@H](CN)[C@H](c3ccccc3)C2)c1.Cl. The number of nitrogens with two attached hydrogens (primary N) is 1. The molecule has 1 saturated heterocycles. The van der Waals surface area contributed by atoms with Gasteiger partial charge >= 0.3 is 0 Å². The highest BCUT2D eigenvalue weighted by Crippen LogP contribution is 2.33. The molecule has 1 fully saturated rings. The van der Waals surface area contributed by atoms with Gasteiger partial charge < -0.3 is 10.6 Å². The summed E-state index contributed by atoms with van der Waals surface area (Å²) in [6.07, 6.45) is 0. The maximum absolute atomic E-state index is 12.8. The zero-order valence-electron chi connectivity index (χ0n) is 14.3. The fraction of sp³-hybridized carbons (Fsp3) is 0.353. The van der Waals surface area contributed by atoms with Gasteiger partial charge in [0, 0.05) is 24.4 Å². The lowest BCUT2D eigenvalue weighted by Crippen LogP contribution is -2.29. The second-order valence-corrected chi connectivity index (χ2v) is 8.88. The third kappa shape index (κ3) is 4.10. The number of thiophene rings is 1. The molecule has 2 heterocycles. The average Bonchev–Trinajstić information content (AvgIpc) is 3.29. The largest absolute Gasteiger partial charge is 0.337 e. The molecule has 26 heavy (non-hydrogen) atoms. The quantitative estimate of drug-likeness (QED) is 0.779. The van der Waals surface area contributed by atoms with Crippen LogP contribution in [0, 0.1) is 5.92 Å². The molecule has 9 heteroatoms. The first kappa shape index (κ1) is 20.9. The number of hydrogen-bond donors (Lipinski definition) is 2. The van der Waals surface area contributed by atoms with E-state index in [1.807, 2.05) is 18.2 Å². The highest BCUT2D eigenvalue weighted by atomic mass is 35.5. The van der Waals surface area contributed by atoms with Crippen molar-refractivity contribution in [1.29, 1.82) is 0 Å². The van der Waals surface area contributed by atoms with E-state index >= 15 is 0 Å². The van der Waals surface area contributed by atoms with E-state index in [0.717, 1.165) is 11.3 Å². The van der Waals surface area contributed by atoms with Crippen LogP contribution in [-0.4, -0.2) is 45.9 Å². The molecule has 0 saturated carbocycles. The molecule has 1 aliphatic heterocycles. The van der Waals surface area contributed by atoms with Crippen LogP contribution in [0.2, 0.25) is 0 Å². The van der Waals surface area contributed by atoms with E-state index in [-0.39, 0.29) is 35.0 Å². The van der Waals surface area contributed by atoms with Gasteiger partial charge in [-0.1, -0.05) is 30.3 Å². The number of carbonyl (C=O) groups excluding carboxylic acids is 1. The van der Waals surface area contributed by atoms with Crippen LogP contribution in [0.1, 0.15) is 21.2 Å². The van der Waals surface area contributed by atoms with E-state index in [2.05, 4.69) is 16.9 Å². The second-order valence-electron chi connectivity index (χ2n) is 6.08. The molecule has 0 radical (unpaired) electrons. The van der Waals surface area contributed by atoms with Gasteiger partial charge in [-0.2, -0.15) is 0 Å². The molecule has 2 aromatic rings. The van der Waals surface area contributed by atoms with Gasteiger partial charge in [-0.05, 0) is 31.1 Å². The van der Waals surface area contributed by atoms with Crippen molar-refractivity contribution >= 4 is 39.7 Å². The number of hydrogen-bond acceptors (Lipinski definition) is 5. The summed E-state index contributed by atoms with van der Waals surface area (Å²) in [7, 11) is -2.18. The highest BCUT2D eigenvalue weighted by Gasteiger charge is 2.36. The van der Waals surface area contributed by atoms with Crippen LogP contribution in [0.4, 0.5) is 0 Å². The zero-order valence-corrected chi connectivity index (χ0v) is 16.7. The molecule has 6 nitrogen and oxygen atoms in total. The number of sulfonamides is 1. The van der Waals surface area contributed by atoms with Crippen LogP contribution < -0.4 is 10.5 Å². The van der Waals surface area contributed by atoms with Crippen LogP contribution in [0.25, 0.3) is 0 Å². The van der Waals surface area contributed by atoms with Gasteiger partial charge in [-0.15, -0.1) is 23.7 Å². The Morgan fingerprint density at radius 3 is 2.62 bits per heavy atom. The number of nitrogens with one attached hydrogen (secondary N) is 1. The molecule has 0 aliphatic carbocycles. The van der Waals surface area contributed by atoms with E-state index in [1.165, 1.54) is 24.1 Å². The average molecular weight is 416 g/mol. The lowest BCUT2D eigenvalue weighted by molar-refractivity contribution is 0.0791. The number of nitrogens with zero attached hydrogens (tertiary/aromatic N) is 1. The molecular weight excluding hydrogens is 394 g/mol. The van der Waals surface area contributed by atoms with Crippen molar-refractivity contribution < 1.29 is 13.2 Å². The van der Waals surface area contributed by atoms with Gasteiger partial charge in [0.25, 0.3) is 5.91 Å². The van der Waals surface area contributed by atoms with Crippen LogP contribution in [-0.2, 0) is 10.0 Å². The molecule has 3 rings (SSSR count). The third-order valence-corrected chi connectivity index (χ3v) is 7.09. The fourth-order valence-corrected chi connectivity index (χ4v) is 5.17. The first-order chi connectivity index (χ1) is 12.0. The molecule has 0 bridgehead atoms. The maximum Gasteiger partial charge on any atom is 0.263 e. The first-order valence-electron chi connectivity index (χ1n) is 8.02. The van der Waals surface area contributed by atoms with Gasteiger partial charge in [0.15, 0.2) is 0 Å². The molecule has 1 aliphatic rings. The Kier molecular flexibility index (Phi) is 6.81. The molecular formula is C17H22ClN3O3S2. The van der Waals surface area contributed by atoms with Gasteiger partial charge in [0.2, 0.25) is 10.0 Å². The molecule has 0 spiro atoms. The summed E-state index contributed by atoms with van der Waals surface area (Å²) in [5, 5.41) is 1.49. The van der Waals surface area contributed by atoms with Gasteiger partial charge in [-0.25, -0.2) is 13.1 Å². The minimum absolute atomic E-state index is 0. The van der Waals surface area contributed by atoms with Crippen LogP contribution >= 0.6 is 23.7 Å². The first-order valence-corrected chi connectivity index (χ1v) is 10.4. The number of carbonyl (C=O) groups is 1. The number of benzene rings is 1. The van der Waals surface area contributed by atoms with Crippen LogP contribution in [0.3, 0.4) is 0 Å². The van der Waals surface area contributed by atoms with E-state index in [4.69, 9.17) is 5.73 Å². The smallest absolute Gasteiger partial charge is 0.263 e. The van der Waals surface area contributed by atoms with Gasteiger partial charge in [-0.3, -0.25) is 4.79 Å². The molecule has 1 aromatic heterocycles. The lowest BCUT2D eigenvalue weighted by Gasteiger charge is -2.16. The van der Waals surface area contributed by atoms with Crippen molar-refractivity contribution in [3.8, 4) is 0 Å². The number of rotatable bonds is 5. The minimum atomic E-state index is -3.53. The second kappa shape index (κ2) is 8.49. The highest BCUT2D eigenvalue weighted by molar-refractivity contribution is 7.89. The van der Waals surface area contributed by atoms with Crippen molar-refractivity contribution in [2.24, 2.45) is 11.7 Å². The summed E-state index contributed by atoms with van der Waals surface area (Å²) in [5.74, 6) is 0.266. The molecule has 3 N–H and O–H groups in total. The Hall–Kier alpha value is -1.45. The van der Waals surface area contributed by atoms with Crippen LogP contribution in [0.15, 0.2) is 46.7 Å². The zero-order chi connectivity index (χ0) is 18.0. The monoisotopic (exact) mass is 415 g/mol. The summed E-state index contributed by atoms with van der Waals surface area (Å²) in [4.78, 5) is 15.1.